The van der Waals surface area contributed by atoms with Gasteiger partial charge in [0.25, 0.3) is 0 Å². The Morgan fingerprint density at radius 1 is 1.22 bits per heavy atom. The second kappa shape index (κ2) is 6.93. The second-order valence-corrected chi connectivity index (χ2v) is 5.14. The minimum atomic E-state index is 0.434. The average molecular weight is 313 g/mol. The van der Waals surface area contributed by atoms with Crippen LogP contribution in [-0.4, -0.2) is 34.4 Å². The van der Waals surface area contributed by atoms with E-state index in [1.165, 1.54) is 0 Å². The highest BCUT2D eigenvalue weighted by Crippen LogP contribution is 2.28. The van der Waals surface area contributed by atoms with Crippen molar-refractivity contribution >= 4 is 27.8 Å². The number of para-hydroxylation sites is 1. The van der Waals surface area contributed by atoms with E-state index in [0.717, 1.165) is 22.2 Å². The number of hydrogen-bond donors (Lipinski definition) is 1. The van der Waals surface area contributed by atoms with Crippen molar-refractivity contribution in [1.29, 1.82) is 0 Å². The average Bonchev–Trinajstić information content (AvgIpc) is 2.93. The van der Waals surface area contributed by atoms with Crippen LogP contribution in [0, 0.1) is 6.92 Å². The van der Waals surface area contributed by atoms with Gasteiger partial charge in [-0.2, -0.15) is 0 Å². The van der Waals surface area contributed by atoms with E-state index in [2.05, 4.69) is 21.5 Å². The molecule has 3 aromatic rings. The first-order valence-electron chi connectivity index (χ1n) is 7.74. The number of anilines is 1. The lowest BCUT2D eigenvalue weighted by atomic mass is 10.2. The molecule has 3 rings (SSSR count). The maximum Gasteiger partial charge on any atom is 0.152 e. The van der Waals surface area contributed by atoms with Crippen molar-refractivity contribution < 1.29 is 9.47 Å². The van der Waals surface area contributed by atoms with Crippen molar-refractivity contribution in [2.75, 3.05) is 25.6 Å². The number of nitrogen functional groups attached to an aromatic ring is 1. The summed E-state index contributed by atoms with van der Waals surface area (Å²) in [7, 11) is 0. The summed E-state index contributed by atoms with van der Waals surface area (Å²) in [5.74, 6) is 1.27. The smallest absolute Gasteiger partial charge is 0.152 e. The number of rotatable bonds is 7. The van der Waals surface area contributed by atoms with Gasteiger partial charge in [0, 0.05) is 25.1 Å². The van der Waals surface area contributed by atoms with Gasteiger partial charge in [0.2, 0.25) is 0 Å². The van der Waals surface area contributed by atoms with E-state index >= 15 is 0 Å². The number of nitrogens with zero attached hydrogens (tertiary/aromatic N) is 3. The number of benzene rings is 1. The fourth-order valence-corrected chi connectivity index (χ4v) is 2.71. The van der Waals surface area contributed by atoms with Crippen LogP contribution in [0.25, 0.3) is 21.9 Å². The summed E-state index contributed by atoms with van der Waals surface area (Å²) in [6.07, 6.45) is 0. The van der Waals surface area contributed by atoms with E-state index in [9.17, 15) is 0 Å². The molecule has 6 heteroatoms. The number of imidazole rings is 1. The molecule has 0 atom stereocenters. The van der Waals surface area contributed by atoms with Gasteiger partial charge in [-0.15, -0.1) is 0 Å². The molecule has 0 amide bonds. The molecule has 0 bridgehead atoms. The molecular weight excluding hydrogens is 292 g/mol. The lowest BCUT2D eigenvalue weighted by Gasteiger charge is -2.11. The van der Waals surface area contributed by atoms with E-state index < -0.39 is 0 Å². The topological polar surface area (TPSA) is 75.2 Å². The maximum absolute atomic E-state index is 6.12. The third kappa shape index (κ3) is 3.00. The second-order valence-electron chi connectivity index (χ2n) is 5.14. The van der Waals surface area contributed by atoms with Crippen molar-refractivity contribution in [2.24, 2.45) is 0 Å². The Kier molecular flexibility index (Phi) is 4.73. The summed E-state index contributed by atoms with van der Waals surface area (Å²) in [5, 5.41) is 1.03. The zero-order valence-corrected chi connectivity index (χ0v) is 13.3. The lowest BCUT2D eigenvalue weighted by molar-refractivity contribution is 0.120. The van der Waals surface area contributed by atoms with Crippen molar-refractivity contribution in [2.45, 2.75) is 20.1 Å². The summed E-state index contributed by atoms with van der Waals surface area (Å²) in [6, 6.07) is 7.94. The van der Waals surface area contributed by atoms with Crippen LogP contribution in [0.3, 0.4) is 0 Å². The van der Waals surface area contributed by atoms with Gasteiger partial charge >= 0.3 is 0 Å². The van der Waals surface area contributed by atoms with Crippen molar-refractivity contribution in [3.63, 3.8) is 0 Å². The Hall–Kier alpha value is -2.18. The first-order valence-corrected chi connectivity index (χ1v) is 7.74. The predicted octanol–water partition coefficient (Wildman–Crippen LogP) is 2.55. The Morgan fingerprint density at radius 3 is 2.83 bits per heavy atom. The molecule has 0 spiro atoms. The van der Waals surface area contributed by atoms with Crippen LogP contribution in [-0.2, 0) is 22.6 Å². The molecule has 2 heterocycles. The zero-order chi connectivity index (χ0) is 16.2. The third-order valence-corrected chi connectivity index (χ3v) is 3.73. The Morgan fingerprint density at radius 2 is 2.04 bits per heavy atom. The SMILES string of the molecule is [CH2]COCCn1c(COCC)nc2c(N)nc3ccccc3c21. The van der Waals surface area contributed by atoms with E-state index in [0.29, 0.717) is 44.3 Å². The third-order valence-electron chi connectivity index (χ3n) is 3.73. The molecule has 6 nitrogen and oxygen atoms in total. The van der Waals surface area contributed by atoms with E-state index in [1.54, 1.807) is 0 Å². The first-order chi connectivity index (χ1) is 11.3. The number of nitrogens with two attached hydrogens (primary N) is 1. The van der Waals surface area contributed by atoms with Crippen LogP contribution in [0.5, 0.6) is 0 Å². The highest BCUT2D eigenvalue weighted by Gasteiger charge is 2.17. The van der Waals surface area contributed by atoms with Gasteiger partial charge in [0.05, 0.1) is 17.6 Å². The number of pyridine rings is 1. The van der Waals surface area contributed by atoms with E-state index in [-0.39, 0.29) is 0 Å². The van der Waals surface area contributed by atoms with Gasteiger partial charge in [-0.3, -0.25) is 0 Å². The Bertz CT molecular complexity index is 813. The summed E-state index contributed by atoms with van der Waals surface area (Å²) >= 11 is 0. The summed E-state index contributed by atoms with van der Waals surface area (Å²) < 4.78 is 13.1. The molecule has 0 aliphatic rings. The zero-order valence-electron chi connectivity index (χ0n) is 13.3. The predicted molar refractivity (Wildman–Crippen MR) is 91.0 cm³/mol. The fraction of sp³-hybridized carbons (Fsp3) is 0.353. The Labute approximate surface area is 135 Å². The molecule has 121 valence electrons. The van der Waals surface area contributed by atoms with Gasteiger partial charge in [-0.1, -0.05) is 18.2 Å². The highest BCUT2D eigenvalue weighted by molar-refractivity contribution is 6.06. The number of hydrogen-bond acceptors (Lipinski definition) is 5. The molecule has 23 heavy (non-hydrogen) atoms. The lowest BCUT2D eigenvalue weighted by Crippen LogP contribution is -2.11. The molecule has 0 saturated carbocycles. The van der Waals surface area contributed by atoms with Crippen LogP contribution in [0.15, 0.2) is 24.3 Å². The molecule has 2 N–H and O–H groups in total. The fourth-order valence-electron chi connectivity index (χ4n) is 2.71. The normalized spacial score (nSPS) is 11.6. The van der Waals surface area contributed by atoms with E-state index in [4.69, 9.17) is 15.2 Å². The van der Waals surface area contributed by atoms with Crippen molar-refractivity contribution in [1.82, 2.24) is 14.5 Å². The molecular formula is C17H21N4O2. The van der Waals surface area contributed by atoms with Crippen LogP contribution in [0.1, 0.15) is 12.7 Å². The monoisotopic (exact) mass is 313 g/mol. The van der Waals surface area contributed by atoms with Gasteiger partial charge in [0.15, 0.2) is 5.82 Å². The molecule has 2 aromatic heterocycles. The van der Waals surface area contributed by atoms with Crippen LogP contribution < -0.4 is 5.73 Å². The van der Waals surface area contributed by atoms with Gasteiger partial charge in [-0.05, 0) is 19.9 Å². The number of aromatic nitrogens is 3. The summed E-state index contributed by atoms with van der Waals surface area (Å²) in [6.45, 7) is 8.40. The quantitative estimate of drug-likeness (QED) is 0.678. The van der Waals surface area contributed by atoms with Crippen LogP contribution in [0.4, 0.5) is 5.82 Å². The Balaban J connectivity index is 2.19. The van der Waals surface area contributed by atoms with Gasteiger partial charge in [0.1, 0.15) is 17.9 Å². The molecule has 0 aliphatic carbocycles. The molecule has 0 unspecified atom stereocenters. The van der Waals surface area contributed by atoms with Gasteiger partial charge in [-0.25, -0.2) is 9.97 Å². The largest absolute Gasteiger partial charge is 0.382 e. The standard InChI is InChI=1S/C17H21N4O2/c1-3-22-10-9-21-14(11-23-4-2)20-15-16(21)12-7-5-6-8-13(12)19-17(15)18/h5-8H,1,3-4,9-11H2,2H3,(H2,18,19). The first kappa shape index (κ1) is 15.7. The minimum Gasteiger partial charge on any atom is -0.382 e. The molecule has 0 saturated heterocycles. The number of ether oxygens (including phenoxy) is 2. The molecule has 1 aromatic carbocycles. The number of fused-ring (bicyclic) bond motifs is 3. The summed E-state index contributed by atoms with van der Waals surface area (Å²) in [4.78, 5) is 9.11. The van der Waals surface area contributed by atoms with Crippen LogP contribution >= 0.6 is 0 Å². The maximum atomic E-state index is 6.12. The minimum absolute atomic E-state index is 0.434. The van der Waals surface area contributed by atoms with Crippen molar-refractivity contribution in [3.8, 4) is 0 Å². The van der Waals surface area contributed by atoms with Gasteiger partial charge < -0.3 is 19.8 Å². The molecule has 0 aliphatic heterocycles. The molecule has 1 radical (unpaired) electrons. The highest BCUT2D eigenvalue weighted by atomic mass is 16.5. The molecule has 0 fully saturated rings. The summed E-state index contributed by atoms with van der Waals surface area (Å²) in [5.41, 5.74) is 8.68. The van der Waals surface area contributed by atoms with Crippen LogP contribution in [0.2, 0.25) is 0 Å². The van der Waals surface area contributed by atoms with E-state index in [1.807, 2.05) is 31.2 Å². The van der Waals surface area contributed by atoms with Crippen molar-refractivity contribution in [3.05, 3.63) is 37.0 Å².